The van der Waals surface area contributed by atoms with Crippen LogP contribution < -0.4 is 9.47 Å². The first-order chi connectivity index (χ1) is 28.1. The van der Waals surface area contributed by atoms with Gasteiger partial charge >= 0.3 is 20.2 Å². The van der Waals surface area contributed by atoms with Crippen LogP contribution in [0.3, 0.4) is 0 Å². The van der Waals surface area contributed by atoms with Gasteiger partial charge in [-0.15, -0.1) is 22.7 Å². The zero-order valence-corrected chi connectivity index (χ0v) is 35.1. The summed E-state index contributed by atoms with van der Waals surface area (Å²) in [5.41, 5.74) is 6.23. The lowest BCUT2D eigenvalue weighted by atomic mass is 10.1. The molecule has 4 aromatic heterocycles. The molecule has 2 aliphatic heterocycles. The van der Waals surface area contributed by atoms with E-state index >= 15 is 8.78 Å². The molecule has 0 amide bonds. The first-order valence-electron chi connectivity index (χ1n) is 18.7. The first-order valence-corrected chi connectivity index (χ1v) is 23.2. The van der Waals surface area contributed by atoms with Gasteiger partial charge in [-0.2, -0.15) is 27.0 Å². The fraction of sp³-hybridized carbons (Fsp3) is 0.268. The number of benzene rings is 2. The number of allylic oxidation sites excluding steroid dienone is 2. The van der Waals surface area contributed by atoms with Gasteiger partial charge in [0, 0.05) is 36.1 Å². The number of aryl methyl sites for hydroxylation is 2. The summed E-state index contributed by atoms with van der Waals surface area (Å²) in [6, 6.07) is 18.1. The third kappa shape index (κ3) is 8.55. The van der Waals surface area contributed by atoms with Gasteiger partial charge in [-0.1, -0.05) is 59.7 Å². The second-order valence-electron chi connectivity index (χ2n) is 14.3. The molecule has 0 bridgehead atoms. The van der Waals surface area contributed by atoms with Crippen molar-refractivity contribution >= 4 is 54.6 Å². The Bertz CT molecular complexity index is 2660. The molecule has 0 saturated heterocycles. The molecule has 2 N–H and O–H groups in total. The van der Waals surface area contributed by atoms with Crippen molar-refractivity contribution in [2.75, 3.05) is 13.2 Å². The molecule has 6 heterocycles. The van der Waals surface area contributed by atoms with E-state index in [1.54, 1.807) is 9.36 Å². The fourth-order valence-electron chi connectivity index (χ4n) is 7.13. The summed E-state index contributed by atoms with van der Waals surface area (Å²) in [6.07, 6.45) is 4.27. The number of thiophene rings is 2. The Balaban J connectivity index is 1.06. The summed E-state index contributed by atoms with van der Waals surface area (Å²) in [5, 5.41) is 9.36. The molecule has 2 aromatic carbocycles. The van der Waals surface area contributed by atoms with E-state index in [4.69, 9.17) is 9.47 Å². The van der Waals surface area contributed by atoms with E-state index in [9.17, 15) is 25.9 Å². The molecule has 0 unspecified atom stereocenters. The van der Waals surface area contributed by atoms with Crippen molar-refractivity contribution in [2.24, 2.45) is 0 Å². The molecule has 0 fully saturated rings. The van der Waals surface area contributed by atoms with Gasteiger partial charge in [-0.25, -0.2) is 8.78 Å². The number of hydrogen-bond donors (Lipinski definition) is 2. The summed E-state index contributed by atoms with van der Waals surface area (Å²) in [6.45, 7) is 4.74. The number of unbranched alkanes of at least 4 members (excludes halogenated alkanes) is 2. The van der Waals surface area contributed by atoms with Crippen molar-refractivity contribution in [1.29, 1.82) is 0 Å². The highest BCUT2D eigenvalue weighted by atomic mass is 32.3. The summed E-state index contributed by atoms with van der Waals surface area (Å²) in [7, 11) is -9.04. The molecule has 0 radical (unpaired) electrons. The molecular formula is C41H38F2N4O8S4. The first kappa shape index (κ1) is 40.8. The van der Waals surface area contributed by atoms with Crippen molar-refractivity contribution in [1.82, 2.24) is 19.6 Å². The summed E-state index contributed by atoms with van der Waals surface area (Å²) in [4.78, 5) is 0.841. The fourth-order valence-corrected chi connectivity index (χ4v) is 10.8. The van der Waals surface area contributed by atoms with Gasteiger partial charge in [-0.3, -0.25) is 18.5 Å². The largest absolute Gasteiger partial charge is 0.492 e. The van der Waals surface area contributed by atoms with E-state index in [1.165, 1.54) is 24.3 Å². The molecule has 6 aromatic rings. The van der Waals surface area contributed by atoms with E-state index in [2.05, 4.69) is 10.2 Å². The van der Waals surface area contributed by atoms with Crippen LogP contribution in [-0.2, 0) is 46.2 Å². The van der Waals surface area contributed by atoms with E-state index in [1.807, 2.05) is 62.4 Å². The van der Waals surface area contributed by atoms with E-state index in [0.717, 1.165) is 44.9 Å². The highest BCUT2D eigenvalue weighted by molar-refractivity contribution is 7.88. The SMILES string of the molecule is Cc1ccc(Cn2nc(/C(F)=C/CCC/C=C(\F)c3nn(Cc4ccc(C)cc4)c4c3CCOc3cc(S(=O)(=O)O)sc3-4)c3c2-c2sc(S(=O)(=O)O)cc2OCC3)cc1. The minimum Gasteiger partial charge on any atom is -0.492 e. The molecule has 308 valence electrons. The number of aromatic nitrogens is 4. The normalized spacial score (nSPS) is 14.4. The predicted molar refractivity (Wildman–Crippen MR) is 222 cm³/mol. The van der Waals surface area contributed by atoms with Crippen molar-refractivity contribution in [3.05, 3.63) is 118 Å². The van der Waals surface area contributed by atoms with Crippen molar-refractivity contribution in [3.8, 4) is 32.6 Å². The van der Waals surface area contributed by atoms with Crippen LogP contribution in [0.15, 0.2) is 81.2 Å². The Morgan fingerprint density at radius 2 is 1.08 bits per heavy atom. The van der Waals surface area contributed by atoms with Crippen LogP contribution in [0.2, 0.25) is 0 Å². The van der Waals surface area contributed by atoms with Crippen LogP contribution in [0.1, 0.15) is 64.0 Å². The summed E-state index contributed by atoms with van der Waals surface area (Å²) in [5.74, 6) is -0.641. The van der Waals surface area contributed by atoms with Crippen molar-refractivity contribution in [3.63, 3.8) is 0 Å². The number of halogens is 2. The molecule has 12 nitrogen and oxygen atoms in total. The minimum atomic E-state index is -4.52. The zero-order valence-electron chi connectivity index (χ0n) is 31.8. The lowest BCUT2D eigenvalue weighted by Crippen LogP contribution is -2.04. The Kier molecular flexibility index (Phi) is 11.2. The Morgan fingerprint density at radius 3 is 1.46 bits per heavy atom. The number of ether oxygens (including phenoxy) is 2. The van der Waals surface area contributed by atoms with Gasteiger partial charge in [0.15, 0.2) is 8.42 Å². The van der Waals surface area contributed by atoms with Crippen LogP contribution in [0.25, 0.3) is 32.8 Å². The number of nitrogens with zero attached hydrogens (tertiary/aromatic N) is 4. The monoisotopic (exact) mass is 880 g/mol. The van der Waals surface area contributed by atoms with Gasteiger partial charge < -0.3 is 9.47 Å². The molecule has 8 rings (SSSR count). The predicted octanol–water partition coefficient (Wildman–Crippen LogP) is 9.10. The average molecular weight is 881 g/mol. The summed E-state index contributed by atoms with van der Waals surface area (Å²) >= 11 is 1.66. The molecule has 18 heteroatoms. The Morgan fingerprint density at radius 1 is 0.695 bits per heavy atom. The van der Waals surface area contributed by atoms with Gasteiger partial charge in [-0.05, 0) is 56.4 Å². The van der Waals surface area contributed by atoms with Crippen LogP contribution in [0.4, 0.5) is 8.78 Å². The number of fused-ring (bicyclic) bond motifs is 6. The van der Waals surface area contributed by atoms with Gasteiger partial charge in [0.05, 0.1) is 47.4 Å². The maximum Gasteiger partial charge on any atom is 0.304 e. The molecule has 59 heavy (non-hydrogen) atoms. The van der Waals surface area contributed by atoms with E-state index < -0.39 is 31.9 Å². The second kappa shape index (κ2) is 16.2. The molecule has 2 aliphatic rings. The lowest BCUT2D eigenvalue weighted by Gasteiger charge is -2.08. The molecule has 0 aliphatic carbocycles. The van der Waals surface area contributed by atoms with Crippen molar-refractivity contribution < 1.29 is 44.2 Å². The van der Waals surface area contributed by atoms with E-state index in [0.29, 0.717) is 51.5 Å². The number of hydrogen-bond acceptors (Lipinski definition) is 10. The smallest absolute Gasteiger partial charge is 0.304 e. The topological polar surface area (TPSA) is 163 Å². The molecule has 0 atom stereocenters. The second-order valence-corrected chi connectivity index (χ2v) is 19.7. The van der Waals surface area contributed by atoms with E-state index in [-0.39, 0.29) is 70.5 Å². The summed E-state index contributed by atoms with van der Waals surface area (Å²) < 4.78 is 114. The van der Waals surface area contributed by atoms with Crippen LogP contribution >= 0.6 is 22.7 Å². The Hall–Kier alpha value is -4.98. The average Bonchev–Trinajstić information content (AvgIpc) is 3.93. The third-order valence-corrected chi connectivity index (χ3v) is 14.9. The third-order valence-electron chi connectivity index (χ3n) is 10.0. The lowest BCUT2D eigenvalue weighted by molar-refractivity contribution is 0.326. The highest BCUT2D eigenvalue weighted by Gasteiger charge is 2.32. The highest BCUT2D eigenvalue weighted by Crippen LogP contribution is 2.47. The quantitative estimate of drug-likeness (QED) is 0.0896. The minimum absolute atomic E-state index is 0.0984. The standard InChI is InChI=1S/C41H38F2N4O8S4/c1-24-8-12-26(13-9-24)22-46-38-28(16-18-54-32-20-34(56-40(32)38)58(48,49)50)36(44-46)30(42)6-4-3-5-7-31(43)37-29-17-19-55-33-21-35(59(51,52)53)57-41(33)39(29)47(45-37)23-27-14-10-25(2)11-15-27/h6-15,20-21H,3-5,16-19,22-23H2,1-2H3,(H,48,49,50)(H,51,52,53)/b30-6-,31-7-. The molecule has 0 saturated carbocycles. The van der Waals surface area contributed by atoms with Gasteiger partial charge in [0.1, 0.15) is 34.5 Å². The van der Waals surface area contributed by atoms with Crippen molar-refractivity contribution in [2.45, 2.75) is 67.5 Å². The molecule has 0 spiro atoms. The number of rotatable bonds is 12. The van der Waals surface area contributed by atoms with Crippen LogP contribution in [0, 0.1) is 13.8 Å². The Labute approximate surface area is 347 Å². The van der Waals surface area contributed by atoms with Crippen LogP contribution in [-0.4, -0.2) is 58.7 Å². The van der Waals surface area contributed by atoms with Gasteiger partial charge in [0.2, 0.25) is 0 Å². The maximum absolute atomic E-state index is 16.2. The van der Waals surface area contributed by atoms with Crippen LogP contribution in [0.5, 0.6) is 11.5 Å². The van der Waals surface area contributed by atoms with Gasteiger partial charge in [0.25, 0.3) is 0 Å². The maximum atomic E-state index is 16.2. The zero-order chi connectivity index (χ0) is 41.6. The molecular weight excluding hydrogens is 843 g/mol.